The highest BCUT2D eigenvalue weighted by molar-refractivity contribution is 5.83. The smallest absolute Gasteiger partial charge is 0.368 e. The molecule has 0 aliphatic rings. The van der Waals surface area contributed by atoms with Crippen molar-refractivity contribution >= 4 is 17.1 Å². The van der Waals surface area contributed by atoms with E-state index in [-0.39, 0.29) is 5.65 Å². The number of primary amides is 1. The van der Waals surface area contributed by atoms with E-state index < -0.39 is 29.4 Å². The van der Waals surface area contributed by atoms with Crippen molar-refractivity contribution in [2.45, 2.75) is 51.9 Å². The van der Waals surface area contributed by atoms with Gasteiger partial charge in [-0.2, -0.15) is 13.2 Å². The molecule has 1 unspecified atom stereocenters. The van der Waals surface area contributed by atoms with E-state index >= 15 is 0 Å². The number of nitrogens with zero attached hydrogens (tertiary/aromatic N) is 3. The van der Waals surface area contributed by atoms with Crippen molar-refractivity contribution in [3.63, 3.8) is 0 Å². The quantitative estimate of drug-likeness (QED) is 0.624. The molecule has 0 fully saturated rings. The summed E-state index contributed by atoms with van der Waals surface area (Å²) in [6, 6.07) is 5.71. The van der Waals surface area contributed by atoms with Crippen molar-refractivity contribution in [3.05, 3.63) is 52.6 Å². The SMILES string of the molecule is CCCCC(C(N)=O)n1c(=O)n(CC)c2cc(-c3cccc(C(F)(F)F)c3)cnc21. The zero-order valence-corrected chi connectivity index (χ0v) is 16.7. The van der Waals surface area contributed by atoms with Crippen LogP contribution in [-0.4, -0.2) is 20.0 Å². The van der Waals surface area contributed by atoms with Crippen LogP contribution in [-0.2, 0) is 17.5 Å². The fourth-order valence-electron chi connectivity index (χ4n) is 3.57. The van der Waals surface area contributed by atoms with E-state index in [0.29, 0.717) is 36.0 Å². The molecule has 9 heteroatoms. The number of aromatic nitrogens is 3. The number of pyridine rings is 1. The predicted molar refractivity (Wildman–Crippen MR) is 108 cm³/mol. The minimum Gasteiger partial charge on any atom is -0.368 e. The van der Waals surface area contributed by atoms with Gasteiger partial charge in [0.15, 0.2) is 5.65 Å². The summed E-state index contributed by atoms with van der Waals surface area (Å²) in [6.07, 6.45) is -1.10. The molecule has 1 amide bonds. The summed E-state index contributed by atoms with van der Waals surface area (Å²) < 4.78 is 42.0. The van der Waals surface area contributed by atoms with Gasteiger partial charge in [0.25, 0.3) is 0 Å². The van der Waals surface area contributed by atoms with E-state index in [9.17, 15) is 22.8 Å². The van der Waals surface area contributed by atoms with Crippen LogP contribution in [0.2, 0.25) is 0 Å². The van der Waals surface area contributed by atoms with Crippen LogP contribution in [0.4, 0.5) is 13.2 Å². The Morgan fingerprint density at radius 1 is 1.20 bits per heavy atom. The fourth-order valence-corrected chi connectivity index (χ4v) is 3.57. The molecule has 2 N–H and O–H groups in total. The van der Waals surface area contributed by atoms with Crippen LogP contribution < -0.4 is 11.4 Å². The van der Waals surface area contributed by atoms with Crippen molar-refractivity contribution in [1.82, 2.24) is 14.1 Å². The van der Waals surface area contributed by atoms with Gasteiger partial charge in [0.1, 0.15) is 6.04 Å². The van der Waals surface area contributed by atoms with Crippen LogP contribution in [0.25, 0.3) is 22.3 Å². The standard InChI is InChI=1S/C21H23F3N4O2/c1-3-5-9-16(18(25)29)28-19-17(27(4-2)20(28)30)11-14(12-26-19)13-7-6-8-15(10-13)21(22,23)24/h6-8,10-12,16H,3-5,9H2,1-2H3,(H2,25,29). The molecule has 0 saturated heterocycles. The number of alkyl halides is 3. The van der Waals surface area contributed by atoms with Gasteiger partial charge in [-0.05, 0) is 37.1 Å². The number of rotatable bonds is 7. The number of benzene rings is 1. The minimum atomic E-state index is -4.46. The summed E-state index contributed by atoms with van der Waals surface area (Å²) in [7, 11) is 0. The summed E-state index contributed by atoms with van der Waals surface area (Å²) in [5.41, 5.74) is 5.88. The molecule has 6 nitrogen and oxygen atoms in total. The van der Waals surface area contributed by atoms with Gasteiger partial charge in [-0.1, -0.05) is 31.9 Å². The third-order valence-electron chi connectivity index (χ3n) is 5.11. The molecule has 160 valence electrons. The van der Waals surface area contributed by atoms with Crippen molar-refractivity contribution < 1.29 is 18.0 Å². The van der Waals surface area contributed by atoms with Crippen LogP contribution >= 0.6 is 0 Å². The van der Waals surface area contributed by atoms with Gasteiger partial charge in [0.2, 0.25) is 5.91 Å². The van der Waals surface area contributed by atoms with E-state index in [2.05, 4.69) is 4.98 Å². The number of amides is 1. The van der Waals surface area contributed by atoms with Crippen molar-refractivity contribution in [3.8, 4) is 11.1 Å². The van der Waals surface area contributed by atoms with Crippen LogP contribution in [0.5, 0.6) is 0 Å². The molecule has 0 radical (unpaired) electrons. The predicted octanol–water partition coefficient (Wildman–Crippen LogP) is 4.12. The van der Waals surface area contributed by atoms with Gasteiger partial charge in [-0.25, -0.2) is 9.78 Å². The maximum Gasteiger partial charge on any atom is 0.416 e. The topological polar surface area (TPSA) is 82.9 Å². The van der Waals surface area contributed by atoms with E-state index in [1.54, 1.807) is 19.1 Å². The van der Waals surface area contributed by atoms with Crippen LogP contribution in [0.3, 0.4) is 0 Å². The van der Waals surface area contributed by atoms with Gasteiger partial charge < -0.3 is 5.73 Å². The number of nitrogens with two attached hydrogens (primary N) is 1. The number of unbranched alkanes of at least 4 members (excludes halogenated alkanes) is 1. The zero-order chi connectivity index (χ0) is 22.1. The molecular formula is C21H23F3N4O2. The Bertz CT molecular complexity index is 1130. The highest BCUT2D eigenvalue weighted by Crippen LogP contribution is 2.33. The average Bonchev–Trinajstić information content (AvgIpc) is 2.98. The number of carbonyl (C=O) groups is 1. The van der Waals surface area contributed by atoms with Gasteiger partial charge in [-0.3, -0.25) is 13.9 Å². The van der Waals surface area contributed by atoms with Crippen LogP contribution in [0.15, 0.2) is 41.3 Å². The first-order valence-corrected chi connectivity index (χ1v) is 9.76. The summed E-state index contributed by atoms with van der Waals surface area (Å²) in [6.45, 7) is 4.05. The second kappa shape index (κ2) is 8.33. The lowest BCUT2D eigenvalue weighted by Gasteiger charge is -2.14. The van der Waals surface area contributed by atoms with E-state index in [0.717, 1.165) is 18.6 Å². The minimum absolute atomic E-state index is 0.289. The Hall–Kier alpha value is -3.10. The molecule has 0 spiro atoms. The van der Waals surface area contributed by atoms with Gasteiger partial charge in [0, 0.05) is 18.3 Å². The molecule has 30 heavy (non-hydrogen) atoms. The van der Waals surface area contributed by atoms with Gasteiger partial charge >= 0.3 is 11.9 Å². The second-order valence-electron chi connectivity index (χ2n) is 7.10. The molecule has 2 aromatic heterocycles. The maximum absolute atomic E-state index is 13.1. The first-order chi connectivity index (χ1) is 14.2. The Kier molecular flexibility index (Phi) is 6.00. The summed E-state index contributed by atoms with van der Waals surface area (Å²) in [5, 5.41) is 0. The Labute approximate surface area is 171 Å². The third kappa shape index (κ3) is 3.96. The van der Waals surface area contributed by atoms with Crippen molar-refractivity contribution in [2.24, 2.45) is 5.73 Å². The summed E-state index contributed by atoms with van der Waals surface area (Å²) >= 11 is 0. The number of aryl methyl sites for hydroxylation is 1. The molecule has 0 bridgehead atoms. The Morgan fingerprint density at radius 3 is 2.53 bits per heavy atom. The highest BCUT2D eigenvalue weighted by atomic mass is 19.4. The number of hydrogen-bond acceptors (Lipinski definition) is 3. The number of hydrogen-bond donors (Lipinski definition) is 1. The monoisotopic (exact) mass is 420 g/mol. The molecule has 1 aromatic carbocycles. The molecule has 3 rings (SSSR count). The molecule has 0 aliphatic carbocycles. The largest absolute Gasteiger partial charge is 0.416 e. The van der Waals surface area contributed by atoms with Crippen LogP contribution in [0, 0.1) is 0 Å². The molecule has 3 aromatic rings. The average molecular weight is 420 g/mol. The first kappa shape index (κ1) is 21.6. The van der Waals surface area contributed by atoms with Crippen LogP contribution in [0.1, 0.15) is 44.7 Å². The lowest BCUT2D eigenvalue weighted by Crippen LogP contribution is -2.34. The Morgan fingerprint density at radius 2 is 1.93 bits per heavy atom. The summed E-state index contributed by atoms with van der Waals surface area (Å²) in [4.78, 5) is 29.4. The van der Waals surface area contributed by atoms with Crippen molar-refractivity contribution in [2.75, 3.05) is 0 Å². The highest BCUT2D eigenvalue weighted by Gasteiger charge is 2.30. The third-order valence-corrected chi connectivity index (χ3v) is 5.11. The van der Waals surface area contributed by atoms with E-state index in [1.807, 2.05) is 6.92 Å². The van der Waals surface area contributed by atoms with Gasteiger partial charge in [-0.15, -0.1) is 0 Å². The maximum atomic E-state index is 13.1. The number of fused-ring (bicyclic) bond motifs is 1. The van der Waals surface area contributed by atoms with E-state index in [1.165, 1.54) is 21.4 Å². The van der Waals surface area contributed by atoms with E-state index in [4.69, 9.17) is 5.73 Å². The Balaban J connectivity index is 2.18. The molecule has 0 aliphatic heterocycles. The fraction of sp³-hybridized carbons (Fsp3) is 0.381. The number of halogens is 3. The molecule has 2 heterocycles. The normalized spacial score (nSPS) is 13.0. The zero-order valence-electron chi connectivity index (χ0n) is 16.7. The lowest BCUT2D eigenvalue weighted by molar-refractivity contribution is -0.137. The summed E-state index contributed by atoms with van der Waals surface area (Å²) in [5.74, 6) is -0.621. The van der Waals surface area contributed by atoms with Crippen molar-refractivity contribution in [1.29, 1.82) is 0 Å². The molecule has 0 saturated carbocycles. The molecular weight excluding hydrogens is 397 g/mol. The number of carbonyl (C=O) groups excluding carboxylic acids is 1. The first-order valence-electron chi connectivity index (χ1n) is 9.76. The second-order valence-corrected chi connectivity index (χ2v) is 7.10. The molecule has 1 atom stereocenters. The number of imidazole rings is 1. The van der Waals surface area contributed by atoms with Gasteiger partial charge in [0.05, 0.1) is 11.1 Å². The lowest BCUT2D eigenvalue weighted by atomic mass is 10.0.